The van der Waals surface area contributed by atoms with Gasteiger partial charge < -0.3 is 15.0 Å². The minimum absolute atomic E-state index is 0.276. The Labute approximate surface area is 99.4 Å². The molecule has 1 aliphatic heterocycles. The van der Waals surface area contributed by atoms with Gasteiger partial charge in [0.2, 0.25) is 5.88 Å². The smallest absolute Gasteiger partial charge is 0.229 e. The summed E-state index contributed by atoms with van der Waals surface area (Å²) in [7, 11) is 0. The summed E-state index contributed by atoms with van der Waals surface area (Å²) < 4.78 is 10.7. The molecule has 1 aromatic carbocycles. The minimum Gasteiger partial charge on any atom is -0.490 e. The lowest BCUT2D eigenvalue weighted by atomic mass is 9.99. The highest BCUT2D eigenvalue weighted by atomic mass is 16.5. The van der Waals surface area contributed by atoms with E-state index >= 15 is 0 Å². The standard InChI is InChI=1S/C13H14N2O2/c1-8-2-3-9-4-5-10(6-12(9)16-8)11-7-15-17-13(11)14/h4-8H,2-3,14H2,1H3. The second-order valence-electron chi connectivity index (χ2n) is 4.39. The second-order valence-corrected chi connectivity index (χ2v) is 4.39. The maximum atomic E-state index is 5.82. The van der Waals surface area contributed by atoms with Crippen LogP contribution in [-0.4, -0.2) is 11.3 Å². The van der Waals surface area contributed by atoms with Crippen LogP contribution in [0.5, 0.6) is 5.75 Å². The van der Waals surface area contributed by atoms with Crippen molar-refractivity contribution >= 4 is 5.88 Å². The summed E-state index contributed by atoms with van der Waals surface area (Å²) in [4.78, 5) is 0. The topological polar surface area (TPSA) is 61.3 Å². The first kappa shape index (κ1) is 10.2. The van der Waals surface area contributed by atoms with E-state index in [0.717, 1.165) is 29.7 Å². The Morgan fingerprint density at radius 3 is 3.06 bits per heavy atom. The number of nitrogens with zero attached hydrogens (tertiary/aromatic N) is 1. The Balaban J connectivity index is 2.04. The monoisotopic (exact) mass is 230 g/mol. The number of rotatable bonds is 1. The molecule has 0 bridgehead atoms. The Hall–Kier alpha value is -1.97. The lowest BCUT2D eigenvalue weighted by Crippen LogP contribution is -2.18. The van der Waals surface area contributed by atoms with Gasteiger partial charge in [0.25, 0.3) is 0 Å². The minimum atomic E-state index is 0.276. The summed E-state index contributed by atoms with van der Waals surface area (Å²) in [5, 5.41) is 3.68. The number of aryl methyl sites for hydroxylation is 1. The highest BCUT2D eigenvalue weighted by Gasteiger charge is 2.17. The summed E-state index contributed by atoms with van der Waals surface area (Å²) in [6, 6.07) is 6.12. The van der Waals surface area contributed by atoms with Crippen LogP contribution in [0.25, 0.3) is 11.1 Å². The maximum absolute atomic E-state index is 5.82. The van der Waals surface area contributed by atoms with Crippen LogP contribution in [0, 0.1) is 0 Å². The predicted octanol–water partition coefficient (Wildman–Crippen LogP) is 2.64. The highest BCUT2D eigenvalue weighted by molar-refractivity contribution is 5.73. The molecule has 17 heavy (non-hydrogen) atoms. The van der Waals surface area contributed by atoms with Crippen LogP contribution < -0.4 is 10.5 Å². The fourth-order valence-electron chi connectivity index (χ4n) is 2.14. The van der Waals surface area contributed by atoms with Gasteiger partial charge in [0.05, 0.1) is 17.9 Å². The zero-order chi connectivity index (χ0) is 11.8. The van der Waals surface area contributed by atoms with Crippen molar-refractivity contribution in [2.75, 3.05) is 5.73 Å². The van der Waals surface area contributed by atoms with E-state index in [0.29, 0.717) is 5.88 Å². The lowest BCUT2D eigenvalue weighted by molar-refractivity contribution is 0.192. The summed E-state index contributed by atoms with van der Waals surface area (Å²) in [6.07, 6.45) is 4.04. The van der Waals surface area contributed by atoms with Crippen molar-refractivity contribution in [2.24, 2.45) is 0 Å². The molecule has 88 valence electrons. The quantitative estimate of drug-likeness (QED) is 0.818. The molecule has 0 radical (unpaired) electrons. The third-order valence-corrected chi connectivity index (χ3v) is 3.12. The molecule has 0 fully saturated rings. The van der Waals surface area contributed by atoms with E-state index in [2.05, 4.69) is 18.1 Å². The van der Waals surface area contributed by atoms with E-state index in [9.17, 15) is 0 Å². The number of benzene rings is 1. The lowest BCUT2D eigenvalue weighted by Gasteiger charge is -2.23. The van der Waals surface area contributed by atoms with Crippen LogP contribution in [0.2, 0.25) is 0 Å². The number of hydrogen-bond donors (Lipinski definition) is 1. The van der Waals surface area contributed by atoms with Gasteiger partial charge in [-0.1, -0.05) is 17.3 Å². The number of fused-ring (bicyclic) bond motifs is 1. The molecule has 0 amide bonds. The van der Waals surface area contributed by atoms with Crippen LogP contribution in [0.3, 0.4) is 0 Å². The number of ether oxygens (including phenoxy) is 1. The summed E-state index contributed by atoms with van der Waals surface area (Å²) >= 11 is 0. The number of hydrogen-bond acceptors (Lipinski definition) is 4. The van der Waals surface area contributed by atoms with E-state index in [1.165, 1.54) is 5.56 Å². The zero-order valence-corrected chi connectivity index (χ0v) is 9.64. The van der Waals surface area contributed by atoms with Gasteiger partial charge in [-0.3, -0.25) is 0 Å². The van der Waals surface area contributed by atoms with Crippen molar-refractivity contribution < 1.29 is 9.26 Å². The average Bonchev–Trinajstić information content (AvgIpc) is 2.74. The van der Waals surface area contributed by atoms with E-state index in [-0.39, 0.29) is 6.10 Å². The van der Waals surface area contributed by atoms with Crippen molar-refractivity contribution in [2.45, 2.75) is 25.9 Å². The van der Waals surface area contributed by atoms with Gasteiger partial charge in [-0.2, -0.15) is 0 Å². The van der Waals surface area contributed by atoms with Gasteiger partial charge >= 0.3 is 0 Å². The largest absolute Gasteiger partial charge is 0.490 e. The third kappa shape index (κ3) is 1.75. The maximum Gasteiger partial charge on any atom is 0.229 e. The molecule has 2 heterocycles. The second kappa shape index (κ2) is 3.80. The van der Waals surface area contributed by atoms with Crippen molar-refractivity contribution in [1.82, 2.24) is 5.16 Å². The molecular weight excluding hydrogens is 216 g/mol. The predicted molar refractivity (Wildman–Crippen MR) is 64.8 cm³/mol. The molecule has 2 N–H and O–H groups in total. The molecule has 3 rings (SSSR count). The molecule has 1 atom stereocenters. The molecular formula is C13H14N2O2. The summed E-state index contributed by atoms with van der Waals surface area (Å²) in [5.41, 5.74) is 8.76. The molecule has 0 saturated carbocycles. The zero-order valence-electron chi connectivity index (χ0n) is 9.64. The van der Waals surface area contributed by atoms with Crippen LogP contribution in [0.15, 0.2) is 28.9 Å². The van der Waals surface area contributed by atoms with Gasteiger partial charge in [0.1, 0.15) is 5.75 Å². The molecule has 2 aromatic rings. The molecule has 4 nitrogen and oxygen atoms in total. The number of nitrogens with two attached hydrogens (primary N) is 1. The summed E-state index contributed by atoms with van der Waals surface area (Å²) in [5.74, 6) is 1.29. The molecule has 1 unspecified atom stereocenters. The first-order valence-corrected chi connectivity index (χ1v) is 5.74. The van der Waals surface area contributed by atoms with Crippen molar-refractivity contribution in [1.29, 1.82) is 0 Å². The van der Waals surface area contributed by atoms with Crippen LogP contribution in [-0.2, 0) is 6.42 Å². The third-order valence-electron chi connectivity index (χ3n) is 3.12. The Morgan fingerprint density at radius 1 is 1.41 bits per heavy atom. The van der Waals surface area contributed by atoms with Crippen LogP contribution in [0.4, 0.5) is 5.88 Å². The number of aromatic nitrogens is 1. The Kier molecular flexibility index (Phi) is 2.28. The fourth-order valence-corrected chi connectivity index (χ4v) is 2.14. The summed E-state index contributed by atoms with van der Waals surface area (Å²) in [6.45, 7) is 2.09. The van der Waals surface area contributed by atoms with Crippen molar-refractivity contribution in [3.05, 3.63) is 30.0 Å². The SMILES string of the molecule is CC1CCc2ccc(-c3cnoc3N)cc2O1. The molecule has 0 saturated heterocycles. The number of nitrogen functional groups attached to an aromatic ring is 1. The van der Waals surface area contributed by atoms with Gasteiger partial charge in [-0.25, -0.2) is 0 Å². The normalized spacial score (nSPS) is 18.5. The van der Waals surface area contributed by atoms with Crippen LogP contribution in [0.1, 0.15) is 18.9 Å². The van der Waals surface area contributed by atoms with E-state index in [1.807, 2.05) is 12.1 Å². The first-order valence-electron chi connectivity index (χ1n) is 5.74. The first-order chi connectivity index (χ1) is 8.24. The van der Waals surface area contributed by atoms with Gasteiger partial charge in [-0.15, -0.1) is 0 Å². The van der Waals surface area contributed by atoms with E-state index in [4.69, 9.17) is 15.0 Å². The van der Waals surface area contributed by atoms with Gasteiger partial charge in [-0.05, 0) is 37.0 Å². The van der Waals surface area contributed by atoms with E-state index in [1.54, 1.807) is 6.20 Å². The van der Waals surface area contributed by atoms with Crippen LogP contribution >= 0.6 is 0 Å². The Morgan fingerprint density at radius 2 is 2.29 bits per heavy atom. The van der Waals surface area contributed by atoms with Gasteiger partial charge in [0.15, 0.2) is 0 Å². The molecule has 0 spiro atoms. The highest BCUT2D eigenvalue weighted by Crippen LogP contribution is 2.34. The van der Waals surface area contributed by atoms with Crippen molar-refractivity contribution in [3.8, 4) is 16.9 Å². The molecule has 1 aromatic heterocycles. The van der Waals surface area contributed by atoms with Crippen molar-refractivity contribution in [3.63, 3.8) is 0 Å². The van der Waals surface area contributed by atoms with E-state index < -0.39 is 0 Å². The number of anilines is 1. The van der Waals surface area contributed by atoms with Gasteiger partial charge in [0, 0.05) is 0 Å². The molecule has 1 aliphatic rings. The Bertz CT molecular complexity index is 548. The fraction of sp³-hybridized carbons (Fsp3) is 0.308. The molecule has 4 heteroatoms. The average molecular weight is 230 g/mol. The molecule has 0 aliphatic carbocycles.